The van der Waals surface area contributed by atoms with Crippen molar-refractivity contribution in [3.8, 4) is 0 Å². The van der Waals surface area contributed by atoms with Gasteiger partial charge >= 0.3 is 0 Å². The van der Waals surface area contributed by atoms with Gasteiger partial charge in [0, 0.05) is 17.8 Å². The van der Waals surface area contributed by atoms with Gasteiger partial charge in [-0.15, -0.1) is 0 Å². The number of likely N-dealkylation sites (N-methyl/N-ethyl adjacent to an activating group) is 1. The van der Waals surface area contributed by atoms with Crippen molar-refractivity contribution in [2.75, 3.05) is 23.3 Å². The highest BCUT2D eigenvalue weighted by Gasteiger charge is 2.37. The first kappa shape index (κ1) is 24.7. The van der Waals surface area contributed by atoms with E-state index >= 15 is 0 Å². The monoisotopic (exact) mass is 493 g/mol. The first-order valence-corrected chi connectivity index (χ1v) is 12.3. The van der Waals surface area contributed by atoms with Gasteiger partial charge < -0.3 is 10.2 Å². The van der Waals surface area contributed by atoms with Crippen LogP contribution in [-0.4, -0.2) is 40.6 Å². The van der Waals surface area contributed by atoms with E-state index < -0.39 is 29.4 Å². The maximum atomic E-state index is 13.8. The average Bonchev–Trinajstić information content (AvgIpc) is 3.03. The van der Waals surface area contributed by atoms with Gasteiger partial charge in [0.1, 0.15) is 12.4 Å². The molecule has 1 fully saturated rings. The van der Waals surface area contributed by atoms with Crippen LogP contribution in [0.25, 0.3) is 11.6 Å². The number of hydrogen-bond acceptors (Lipinski definition) is 5. The highest BCUT2D eigenvalue weighted by molar-refractivity contribution is 8.18. The minimum Gasteiger partial charge on any atom is -0.363 e. The molecule has 0 atom stereocenters. The number of nitrogens with zero attached hydrogens (tertiary/aromatic N) is 2. The summed E-state index contributed by atoms with van der Waals surface area (Å²) in [5.41, 5.74) is 5.10. The summed E-state index contributed by atoms with van der Waals surface area (Å²) in [6, 6.07) is 9.89. The molecule has 3 amide bonds. The minimum atomic E-state index is -0.647. The number of amides is 3. The molecule has 0 bridgehead atoms. The second-order valence-electron chi connectivity index (χ2n) is 9.25. The molecule has 2 aromatic carbocycles. The van der Waals surface area contributed by atoms with Crippen molar-refractivity contribution >= 4 is 51.8 Å². The van der Waals surface area contributed by atoms with E-state index in [0.717, 1.165) is 51.2 Å². The quantitative estimate of drug-likeness (QED) is 0.531. The molecule has 8 heteroatoms. The molecule has 0 unspecified atom stereocenters. The third kappa shape index (κ3) is 4.75. The molecule has 0 aliphatic carbocycles. The van der Waals surface area contributed by atoms with Crippen molar-refractivity contribution in [3.05, 3.63) is 69.9 Å². The lowest BCUT2D eigenvalue weighted by Gasteiger charge is -2.43. The number of allylic oxidation sites excluding steroid dienone is 1. The van der Waals surface area contributed by atoms with Gasteiger partial charge in [-0.3, -0.25) is 19.3 Å². The fourth-order valence-electron chi connectivity index (χ4n) is 4.65. The van der Waals surface area contributed by atoms with E-state index in [4.69, 9.17) is 0 Å². The fourth-order valence-corrected chi connectivity index (χ4v) is 5.48. The molecule has 2 heterocycles. The molecule has 0 spiro atoms. The third-order valence-corrected chi connectivity index (χ3v) is 7.20. The van der Waals surface area contributed by atoms with Gasteiger partial charge in [0.25, 0.3) is 11.1 Å². The van der Waals surface area contributed by atoms with Crippen LogP contribution in [0.15, 0.2) is 47.4 Å². The molecule has 0 aromatic heterocycles. The van der Waals surface area contributed by atoms with E-state index in [0.29, 0.717) is 0 Å². The van der Waals surface area contributed by atoms with Gasteiger partial charge in [-0.05, 0) is 93.4 Å². The number of imide groups is 1. The number of nitrogens with one attached hydrogen (secondary N) is 1. The number of carbonyl (C=O) groups excluding carboxylic acids is 3. The Bertz CT molecular complexity index is 1300. The second-order valence-corrected chi connectivity index (χ2v) is 10.2. The zero-order chi connectivity index (χ0) is 25.5. The predicted molar refractivity (Wildman–Crippen MR) is 140 cm³/mol. The van der Waals surface area contributed by atoms with Crippen molar-refractivity contribution in [2.45, 2.75) is 40.2 Å². The number of fused-ring (bicyclic) bond motifs is 1. The summed E-state index contributed by atoms with van der Waals surface area (Å²) < 4.78 is 13.8. The molecule has 1 N–H and O–H groups in total. The van der Waals surface area contributed by atoms with Crippen LogP contribution in [-0.2, 0) is 9.59 Å². The molecule has 2 aliphatic rings. The number of halogens is 1. The summed E-state index contributed by atoms with van der Waals surface area (Å²) in [5, 5.41) is 1.88. The summed E-state index contributed by atoms with van der Waals surface area (Å²) in [7, 11) is 0. The van der Waals surface area contributed by atoms with Gasteiger partial charge in [0.2, 0.25) is 5.91 Å². The molecule has 2 aromatic rings. The molecule has 6 nitrogen and oxygen atoms in total. The van der Waals surface area contributed by atoms with Crippen molar-refractivity contribution in [1.82, 2.24) is 4.90 Å². The van der Waals surface area contributed by atoms with Crippen LogP contribution < -0.4 is 10.2 Å². The number of hydrogen-bond donors (Lipinski definition) is 1. The van der Waals surface area contributed by atoms with Crippen molar-refractivity contribution < 1.29 is 18.8 Å². The molecule has 182 valence electrons. The van der Waals surface area contributed by atoms with Crippen LogP contribution in [0.4, 0.5) is 20.6 Å². The summed E-state index contributed by atoms with van der Waals surface area (Å²) in [5.74, 6) is -1.77. The molecule has 4 rings (SSSR count). The van der Waals surface area contributed by atoms with Gasteiger partial charge in [0.05, 0.1) is 16.1 Å². The Morgan fingerprint density at radius 1 is 1.17 bits per heavy atom. The molecule has 0 radical (unpaired) electrons. The Morgan fingerprint density at radius 3 is 2.57 bits per heavy atom. The maximum absolute atomic E-state index is 13.8. The standard InChI is InChI=1S/C27H28FN3O3S/c1-6-31-22-11-16(2)18(12-19(22)17(3)14-27(31,4)5)13-23-25(33)30(26(34)35-23)15-24(32)29-21-10-8-7-9-20(21)28/h7-14H,6,15H2,1-5H3,(H,29,32)/b23-13+. The molecular weight excluding hydrogens is 465 g/mol. The Balaban J connectivity index is 1.58. The summed E-state index contributed by atoms with van der Waals surface area (Å²) in [6.07, 6.45) is 3.94. The highest BCUT2D eigenvalue weighted by atomic mass is 32.2. The van der Waals surface area contributed by atoms with Gasteiger partial charge in [-0.1, -0.05) is 18.2 Å². The van der Waals surface area contributed by atoms with Gasteiger partial charge in [-0.25, -0.2) is 4.39 Å². The number of para-hydroxylation sites is 1. The van der Waals surface area contributed by atoms with E-state index in [-0.39, 0.29) is 16.1 Å². The van der Waals surface area contributed by atoms with E-state index in [1.54, 1.807) is 12.1 Å². The van der Waals surface area contributed by atoms with Crippen LogP contribution in [0.1, 0.15) is 44.4 Å². The van der Waals surface area contributed by atoms with Crippen molar-refractivity contribution in [3.63, 3.8) is 0 Å². The lowest BCUT2D eigenvalue weighted by Crippen LogP contribution is -2.44. The van der Waals surface area contributed by atoms with E-state index in [1.807, 2.05) is 13.0 Å². The summed E-state index contributed by atoms with van der Waals surface area (Å²) in [6.45, 7) is 10.9. The van der Waals surface area contributed by atoms with E-state index in [9.17, 15) is 18.8 Å². The van der Waals surface area contributed by atoms with Crippen molar-refractivity contribution in [1.29, 1.82) is 0 Å². The molecule has 1 saturated heterocycles. The maximum Gasteiger partial charge on any atom is 0.294 e. The first-order valence-electron chi connectivity index (χ1n) is 11.4. The SMILES string of the molecule is CCN1c2cc(C)c(/C=C3/SC(=O)N(CC(=O)Nc4ccccc4F)C3=O)cc2C(C)=CC1(C)C. The van der Waals surface area contributed by atoms with E-state index in [2.05, 4.69) is 50.1 Å². The highest BCUT2D eigenvalue weighted by Crippen LogP contribution is 2.41. The average molecular weight is 494 g/mol. The zero-order valence-corrected chi connectivity index (χ0v) is 21.3. The van der Waals surface area contributed by atoms with Crippen LogP contribution in [0.2, 0.25) is 0 Å². The topological polar surface area (TPSA) is 69.7 Å². The van der Waals surface area contributed by atoms with Crippen LogP contribution in [0, 0.1) is 12.7 Å². The Kier molecular flexibility index (Phi) is 6.60. The lowest BCUT2D eigenvalue weighted by molar-refractivity contribution is -0.127. The normalized spacial score (nSPS) is 18.1. The fraction of sp³-hybridized carbons (Fsp3) is 0.296. The third-order valence-electron chi connectivity index (χ3n) is 6.29. The minimum absolute atomic E-state index is 0.00239. The van der Waals surface area contributed by atoms with Crippen LogP contribution in [0.5, 0.6) is 0 Å². The molecule has 35 heavy (non-hydrogen) atoms. The second kappa shape index (κ2) is 9.34. The number of rotatable bonds is 5. The zero-order valence-electron chi connectivity index (χ0n) is 20.4. The number of anilines is 2. The molecule has 2 aliphatic heterocycles. The smallest absolute Gasteiger partial charge is 0.294 e. The Morgan fingerprint density at radius 2 is 1.89 bits per heavy atom. The predicted octanol–water partition coefficient (Wildman–Crippen LogP) is 5.83. The Labute approximate surface area is 208 Å². The van der Waals surface area contributed by atoms with Crippen LogP contribution in [0.3, 0.4) is 0 Å². The van der Waals surface area contributed by atoms with Crippen LogP contribution >= 0.6 is 11.8 Å². The Hall–Kier alpha value is -3.39. The largest absolute Gasteiger partial charge is 0.363 e. The molecular formula is C27H28FN3O3S. The van der Waals surface area contributed by atoms with E-state index in [1.165, 1.54) is 18.2 Å². The number of benzene rings is 2. The summed E-state index contributed by atoms with van der Waals surface area (Å²) in [4.78, 5) is 41.3. The van der Waals surface area contributed by atoms with Gasteiger partial charge in [-0.2, -0.15) is 0 Å². The first-order chi connectivity index (χ1) is 16.5. The number of carbonyl (C=O) groups is 3. The number of thioether (sulfide) groups is 1. The molecule has 0 saturated carbocycles. The lowest BCUT2D eigenvalue weighted by atomic mass is 9.87. The van der Waals surface area contributed by atoms with Gasteiger partial charge in [0.15, 0.2) is 0 Å². The number of aryl methyl sites for hydroxylation is 1. The van der Waals surface area contributed by atoms with Crippen molar-refractivity contribution in [2.24, 2.45) is 0 Å². The summed E-state index contributed by atoms with van der Waals surface area (Å²) >= 11 is 0.799.